The van der Waals surface area contributed by atoms with Gasteiger partial charge in [-0.2, -0.15) is 0 Å². The van der Waals surface area contributed by atoms with Crippen LogP contribution in [0.4, 0.5) is 5.69 Å². The van der Waals surface area contributed by atoms with Gasteiger partial charge in [-0.15, -0.1) is 0 Å². The average Bonchev–Trinajstić information content (AvgIpc) is 2.32. The van der Waals surface area contributed by atoms with Crippen molar-refractivity contribution in [3.8, 4) is 0 Å². The van der Waals surface area contributed by atoms with E-state index in [0.29, 0.717) is 5.41 Å². The van der Waals surface area contributed by atoms with Crippen LogP contribution in [0.1, 0.15) is 39.2 Å². The fraction of sp³-hybridized carbons (Fsp3) is 0.625. The number of hydrogen-bond donors (Lipinski definition) is 1. The van der Waals surface area contributed by atoms with Gasteiger partial charge in [0, 0.05) is 17.3 Å². The molecule has 0 bridgehead atoms. The molecule has 1 aromatic carbocycles. The number of nitrogens with zero attached hydrogens (tertiary/aromatic N) is 1. The summed E-state index contributed by atoms with van der Waals surface area (Å²) in [5.41, 5.74) is 8.09. The van der Waals surface area contributed by atoms with Crippen molar-refractivity contribution in [3.63, 3.8) is 0 Å². The minimum atomic E-state index is 0.435. The third kappa shape index (κ3) is 3.87. The van der Waals surface area contributed by atoms with E-state index in [0.717, 1.165) is 23.2 Å². The van der Waals surface area contributed by atoms with Gasteiger partial charge < -0.3 is 5.73 Å². The molecule has 0 atom stereocenters. The van der Waals surface area contributed by atoms with Crippen molar-refractivity contribution in [1.82, 2.24) is 4.90 Å². The second kappa shape index (κ2) is 5.72. The van der Waals surface area contributed by atoms with E-state index in [-0.39, 0.29) is 0 Å². The molecule has 0 aromatic heterocycles. The van der Waals surface area contributed by atoms with Gasteiger partial charge in [0.25, 0.3) is 0 Å². The van der Waals surface area contributed by atoms with Gasteiger partial charge in [0.15, 0.2) is 0 Å². The number of rotatable bonds is 2. The zero-order valence-corrected chi connectivity index (χ0v) is 13.0. The van der Waals surface area contributed by atoms with Crippen molar-refractivity contribution < 1.29 is 0 Å². The standard InChI is InChI=1S/C16H25ClN2/c1-16(2,3)13-6-8-19(9-7-13)11-12-4-5-14(18)10-15(12)17/h4-5,10,13H,6-9,11,18H2,1-3H3. The second-order valence-corrected chi connectivity index (χ2v) is 7.17. The van der Waals surface area contributed by atoms with Crippen molar-refractivity contribution in [3.05, 3.63) is 28.8 Å². The molecule has 3 heteroatoms. The van der Waals surface area contributed by atoms with Crippen LogP contribution in [-0.4, -0.2) is 18.0 Å². The molecule has 19 heavy (non-hydrogen) atoms. The molecule has 0 radical (unpaired) electrons. The van der Waals surface area contributed by atoms with E-state index < -0.39 is 0 Å². The van der Waals surface area contributed by atoms with Crippen LogP contribution >= 0.6 is 11.6 Å². The first-order valence-corrected chi connectivity index (χ1v) is 7.50. The van der Waals surface area contributed by atoms with Gasteiger partial charge in [-0.1, -0.05) is 38.4 Å². The van der Waals surface area contributed by atoms with Gasteiger partial charge in [-0.25, -0.2) is 0 Å². The van der Waals surface area contributed by atoms with Gasteiger partial charge in [-0.3, -0.25) is 4.90 Å². The molecule has 2 nitrogen and oxygen atoms in total. The molecular formula is C16H25ClN2. The lowest BCUT2D eigenvalue weighted by Crippen LogP contribution is -2.37. The lowest BCUT2D eigenvalue weighted by Gasteiger charge is -2.38. The molecule has 1 fully saturated rings. The van der Waals surface area contributed by atoms with Crippen molar-refractivity contribution in [2.75, 3.05) is 18.8 Å². The highest BCUT2D eigenvalue weighted by Gasteiger charge is 2.28. The Hall–Kier alpha value is -0.730. The van der Waals surface area contributed by atoms with Crippen LogP contribution in [-0.2, 0) is 6.54 Å². The number of likely N-dealkylation sites (tertiary alicyclic amines) is 1. The number of nitrogens with two attached hydrogens (primary N) is 1. The molecule has 1 aromatic rings. The van der Waals surface area contributed by atoms with Crippen LogP contribution in [0.15, 0.2) is 18.2 Å². The summed E-state index contributed by atoms with van der Waals surface area (Å²) in [6.07, 6.45) is 2.58. The zero-order chi connectivity index (χ0) is 14.0. The normalized spacial score (nSPS) is 18.7. The monoisotopic (exact) mass is 280 g/mol. The predicted molar refractivity (Wildman–Crippen MR) is 83.3 cm³/mol. The van der Waals surface area contributed by atoms with E-state index in [1.165, 1.54) is 31.5 Å². The predicted octanol–water partition coefficient (Wildman–Crippen LogP) is 4.18. The first-order chi connectivity index (χ1) is 8.86. The third-order valence-corrected chi connectivity index (χ3v) is 4.64. The van der Waals surface area contributed by atoms with E-state index in [1.807, 2.05) is 18.2 Å². The summed E-state index contributed by atoms with van der Waals surface area (Å²) in [6.45, 7) is 10.3. The fourth-order valence-electron chi connectivity index (χ4n) is 2.89. The Balaban J connectivity index is 1.92. The number of hydrogen-bond acceptors (Lipinski definition) is 2. The van der Waals surface area contributed by atoms with Crippen LogP contribution in [0.3, 0.4) is 0 Å². The summed E-state index contributed by atoms with van der Waals surface area (Å²) in [5, 5.41) is 0.790. The van der Waals surface area contributed by atoms with Crippen LogP contribution in [0.5, 0.6) is 0 Å². The van der Waals surface area contributed by atoms with E-state index >= 15 is 0 Å². The van der Waals surface area contributed by atoms with Crippen LogP contribution in [0.25, 0.3) is 0 Å². The highest BCUT2D eigenvalue weighted by atomic mass is 35.5. The lowest BCUT2D eigenvalue weighted by molar-refractivity contribution is 0.108. The Labute approximate surface area is 121 Å². The van der Waals surface area contributed by atoms with E-state index in [1.54, 1.807) is 0 Å². The molecule has 0 spiro atoms. The Morgan fingerprint density at radius 1 is 1.26 bits per heavy atom. The van der Waals surface area contributed by atoms with Crippen molar-refractivity contribution in [1.29, 1.82) is 0 Å². The Morgan fingerprint density at radius 3 is 2.42 bits per heavy atom. The summed E-state index contributed by atoms with van der Waals surface area (Å²) < 4.78 is 0. The number of nitrogen functional groups attached to an aromatic ring is 1. The molecule has 1 heterocycles. The molecule has 1 aliphatic heterocycles. The van der Waals surface area contributed by atoms with E-state index in [9.17, 15) is 0 Å². The smallest absolute Gasteiger partial charge is 0.0471 e. The Bertz CT molecular complexity index is 429. The summed E-state index contributed by atoms with van der Waals surface area (Å²) >= 11 is 6.24. The molecule has 2 N–H and O–H groups in total. The van der Waals surface area contributed by atoms with Gasteiger partial charge in [-0.05, 0) is 55.0 Å². The maximum Gasteiger partial charge on any atom is 0.0471 e. The summed E-state index contributed by atoms with van der Waals surface area (Å²) in [5.74, 6) is 0.839. The first kappa shape index (κ1) is 14.7. The van der Waals surface area contributed by atoms with Crippen molar-refractivity contribution in [2.24, 2.45) is 11.3 Å². The van der Waals surface area contributed by atoms with Crippen LogP contribution < -0.4 is 5.73 Å². The fourth-order valence-corrected chi connectivity index (χ4v) is 3.14. The number of piperidine rings is 1. The number of anilines is 1. The lowest BCUT2D eigenvalue weighted by atomic mass is 9.75. The highest BCUT2D eigenvalue weighted by molar-refractivity contribution is 6.31. The molecule has 106 valence electrons. The van der Waals surface area contributed by atoms with Gasteiger partial charge in [0.05, 0.1) is 0 Å². The molecule has 1 aliphatic rings. The maximum atomic E-state index is 6.24. The van der Waals surface area contributed by atoms with E-state index in [2.05, 4.69) is 25.7 Å². The molecule has 0 aliphatic carbocycles. The molecular weight excluding hydrogens is 256 g/mol. The van der Waals surface area contributed by atoms with E-state index in [4.69, 9.17) is 17.3 Å². The Morgan fingerprint density at radius 2 is 1.89 bits per heavy atom. The summed E-state index contributed by atoms with van der Waals surface area (Å²) in [4.78, 5) is 2.50. The zero-order valence-electron chi connectivity index (χ0n) is 12.2. The second-order valence-electron chi connectivity index (χ2n) is 6.77. The maximum absolute atomic E-state index is 6.24. The number of benzene rings is 1. The first-order valence-electron chi connectivity index (χ1n) is 7.12. The molecule has 0 amide bonds. The van der Waals surface area contributed by atoms with Gasteiger partial charge in [0.2, 0.25) is 0 Å². The van der Waals surface area contributed by atoms with Crippen molar-refractivity contribution in [2.45, 2.75) is 40.2 Å². The molecule has 0 unspecified atom stereocenters. The van der Waals surface area contributed by atoms with Crippen LogP contribution in [0, 0.1) is 11.3 Å². The largest absolute Gasteiger partial charge is 0.399 e. The minimum Gasteiger partial charge on any atom is -0.399 e. The quantitative estimate of drug-likeness (QED) is 0.824. The third-order valence-electron chi connectivity index (χ3n) is 4.28. The average molecular weight is 281 g/mol. The highest BCUT2D eigenvalue weighted by Crippen LogP contribution is 2.34. The summed E-state index contributed by atoms with van der Waals surface area (Å²) in [7, 11) is 0. The van der Waals surface area contributed by atoms with Gasteiger partial charge in [0.1, 0.15) is 0 Å². The molecule has 1 saturated heterocycles. The molecule has 2 rings (SSSR count). The summed E-state index contributed by atoms with van der Waals surface area (Å²) in [6, 6.07) is 5.83. The van der Waals surface area contributed by atoms with Crippen LogP contribution in [0.2, 0.25) is 5.02 Å². The Kier molecular flexibility index (Phi) is 4.42. The number of halogens is 1. The molecule has 0 saturated carbocycles. The topological polar surface area (TPSA) is 29.3 Å². The SMILES string of the molecule is CC(C)(C)C1CCN(Cc2ccc(N)cc2Cl)CC1. The van der Waals surface area contributed by atoms with Crippen molar-refractivity contribution >= 4 is 17.3 Å². The minimum absolute atomic E-state index is 0.435. The van der Waals surface area contributed by atoms with Gasteiger partial charge >= 0.3 is 0 Å².